The first-order valence-electron chi connectivity index (χ1n) is 8.36. The molecule has 1 fully saturated rings. The second kappa shape index (κ2) is 6.81. The van der Waals surface area contributed by atoms with Crippen molar-refractivity contribution < 1.29 is 9.50 Å². The lowest BCUT2D eigenvalue weighted by Crippen LogP contribution is -2.45. The van der Waals surface area contributed by atoms with E-state index in [-0.39, 0.29) is 17.7 Å². The average molecular weight is 313 g/mol. The number of piperidine rings is 1. The maximum absolute atomic E-state index is 13.3. The minimum atomic E-state index is -0.943. The van der Waals surface area contributed by atoms with E-state index in [1.807, 2.05) is 37.3 Å². The molecule has 0 radical (unpaired) electrons. The number of benzene rings is 2. The summed E-state index contributed by atoms with van der Waals surface area (Å²) < 4.78 is 13.3. The van der Waals surface area contributed by atoms with Crippen LogP contribution in [0.5, 0.6) is 0 Å². The number of aliphatic hydroxyl groups is 1. The van der Waals surface area contributed by atoms with Crippen LogP contribution in [0.3, 0.4) is 0 Å². The van der Waals surface area contributed by atoms with Gasteiger partial charge in [-0.2, -0.15) is 0 Å². The normalized spacial score (nSPS) is 20.0. The number of halogens is 1. The number of nitrogens with one attached hydrogen (secondary N) is 1. The third-order valence-electron chi connectivity index (χ3n) is 5.23. The van der Waals surface area contributed by atoms with Crippen LogP contribution in [0.2, 0.25) is 0 Å². The lowest BCUT2D eigenvalue weighted by atomic mass is 9.67. The minimum absolute atomic E-state index is 0.103. The van der Waals surface area contributed by atoms with Crippen molar-refractivity contribution >= 4 is 0 Å². The molecular weight excluding hydrogens is 289 g/mol. The largest absolute Gasteiger partial charge is 0.384 e. The lowest BCUT2D eigenvalue weighted by Gasteiger charge is -2.43. The Morgan fingerprint density at radius 1 is 1.04 bits per heavy atom. The van der Waals surface area contributed by atoms with Crippen LogP contribution in [0.1, 0.15) is 36.8 Å². The Labute approximate surface area is 137 Å². The van der Waals surface area contributed by atoms with E-state index in [2.05, 4.69) is 5.32 Å². The smallest absolute Gasteiger partial charge is 0.123 e. The zero-order valence-electron chi connectivity index (χ0n) is 13.5. The summed E-state index contributed by atoms with van der Waals surface area (Å²) in [4.78, 5) is 0. The van der Waals surface area contributed by atoms with Crippen LogP contribution in [0.15, 0.2) is 54.6 Å². The van der Waals surface area contributed by atoms with Crippen LogP contribution in [0.4, 0.5) is 4.39 Å². The van der Waals surface area contributed by atoms with Crippen molar-refractivity contribution in [3.8, 4) is 0 Å². The highest BCUT2D eigenvalue weighted by Gasteiger charge is 2.43. The fraction of sp³-hybridized carbons (Fsp3) is 0.400. The highest BCUT2D eigenvalue weighted by Crippen LogP contribution is 2.45. The molecule has 0 amide bonds. The summed E-state index contributed by atoms with van der Waals surface area (Å²) in [7, 11) is 0. The van der Waals surface area contributed by atoms with Crippen LogP contribution >= 0.6 is 0 Å². The molecule has 2 N–H and O–H groups in total. The van der Waals surface area contributed by atoms with Gasteiger partial charge < -0.3 is 10.4 Å². The van der Waals surface area contributed by atoms with E-state index in [1.165, 1.54) is 12.1 Å². The summed E-state index contributed by atoms with van der Waals surface area (Å²) in [6, 6.07) is 16.4. The molecule has 1 aliphatic rings. The Balaban J connectivity index is 2.02. The van der Waals surface area contributed by atoms with Crippen molar-refractivity contribution in [2.24, 2.45) is 5.92 Å². The fourth-order valence-electron chi connectivity index (χ4n) is 3.81. The predicted octanol–water partition coefficient (Wildman–Crippen LogP) is 3.82. The Bertz CT molecular complexity index is 622. The van der Waals surface area contributed by atoms with Gasteiger partial charge in [-0.15, -0.1) is 0 Å². The molecule has 0 bridgehead atoms. The highest BCUT2D eigenvalue weighted by molar-refractivity contribution is 5.32. The lowest BCUT2D eigenvalue weighted by molar-refractivity contribution is -0.0561. The molecule has 122 valence electrons. The minimum Gasteiger partial charge on any atom is -0.384 e. The summed E-state index contributed by atoms with van der Waals surface area (Å²) in [6.45, 7) is 3.90. The Morgan fingerprint density at radius 2 is 1.65 bits per heavy atom. The van der Waals surface area contributed by atoms with Crippen molar-refractivity contribution in [3.05, 3.63) is 71.5 Å². The van der Waals surface area contributed by atoms with Crippen molar-refractivity contribution in [1.82, 2.24) is 5.32 Å². The van der Waals surface area contributed by atoms with Gasteiger partial charge in [0.05, 0.1) is 5.60 Å². The molecule has 1 saturated heterocycles. The average Bonchev–Trinajstić information content (AvgIpc) is 2.62. The number of hydrogen-bond acceptors (Lipinski definition) is 2. The van der Waals surface area contributed by atoms with Crippen LogP contribution < -0.4 is 5.32 Å². The van der Waals surface area contributed by atoms with Crippen LogP contribution in [0.25, 0.3) is 0 Å². The first-order valence-corrected chi connectivity index (χ1v) is 8.36. The standard InChI is InChI=1S/C20H24FNO/c1-15(16-7-9-19(21)10-8-16)20(23,17-5-3-2-4-6-17)18-11-13-22-14-12-18/h2-10,15,18,22-23H,11-14H2,1H3. The molecule has 2 nitrogen and oxygen atoms in total. The number of rotatable bonds is 4. The summed E-state index contributed by atoms with van der Waals surface area (Å²) in [5.74, 6) is -0.161. The van der Waals surface area contributed by atoms with Gasteiger partial charge in [-0.05, 0) is 55.1 Å². The van der Waals surface area contributed by atoms with E-state index < -0.39 is 5.60 Å². The summed E-state index contributed by atoms with van der Waals surface area (Å²) in [5.41, 5.74) is 0.973. The van der Waals surface area contributed by atoms with Crippen molar-refractivity contribution in [2.75, 3.05) is 13.1 Å². The van der Waals surface area contributed by atoms with Crippen LogP contribution in [0, 0.1) is 11.7 Å². The van der Waals surface area contributed by atoms with Crippen LogP contribution in [-0.4, -0.2) is 18.2 Å². The zero-order valence-corrected chi connectivity index (χ0v) is 13.5. The molecule has 1 heterocycles. The van der Waals surface area contributed by atoms with E-state index in [1.54, 1.807) is 12.1 Å². The van der Waals surface area contributed by atoms with Gasteiger partial charge in [0.25, 0.3) is 0 Å². The van der Waals surface area contributed by atoms with Crippen molar-refractivity contribution in [1.29, 1.82) is 0 Å². The molecule has 0 aromatic heterocycles. The molecule has 3 rings (SSSR count). The summed E-state index contributed by atoms with van der Waals surface area (Å²) in [5, 5.41) is 15.1. The fourth-order valence-corrected chi connectivity index (χ4v) is 3.81. The van der Waals surface area contributed by atoms with Gasteiger partial charge in [0.1, 0.15) is 5.82 Å². The quantitative estimate of drug-likeness (QED) is 0.899. The summed E-state index contributed by atoms with van der Waals surface area (Å²) >= 11 is 0. The van der Waals surface area contributed by atoms with E-state index in [0.717, 1.165) is 37.1 Å². The van der Waals surface area contributed by atoms with E-state index >= 15 is 0 Å². The van der Waals surface area contributed by atoms with E-state index in [4.69, 9.17) is 0 Å². The Kier molecular flexibility index (Phi) is 4.79. The zero-order chi connectivity index (χ0) is 16.3. The Hall–Kier alpha value is -1.71. The molecule has 0 saturated carbocycles. The Morgan fingerprint density at radius 3 is 2.26 bits per heavy atom. The number of hydrogen-bond donors (Lipinski definition) is 2. The van der Waals surface area contributed by atoms with Gasteiger partial charge in [-0.25, -0.2) is 4.39 Å². The first kappa shape index (κ1) is 16.2. The molecule has 2 unspecified atom stereocenters. The van der Waals surface area contributed by atoms with E-state index in [0.29, 0.717) is 0 Å². The molecule has 2 aromatic carbocycles. The van der Waals surface area contributed by atoms with E-state index in [9.17, 15) is 9.50 Å². The summed E-state index contributed by atoms with van der Waals surface area (Å²) in [6.07, 6.45) is 1.88. The van der Waals surface area contributed by atoms with Gasteiger partial charge in [0.2, 0.25) is 0 Å². The van der Waals surface area contributed by atoms with Crippen molar-refractivity contribution in [2.45, 2.75) is 31.3 Å². The predicted molar refractivity (Wildman–Crippen MR) is 90.7 cm³/mol. The third-order valence-corrected chi connectivity index (χ3v) is 5.23. The molecule has 0 aliphatic carbocycles. The molecule has 2 aromatic rings. The molecular formula is C20H24FNO. The third kappa shape index (κ3) is 3.17. The second-order valence-corrected chi connectivity index (χ2v) is 6.49. The maximum Gasteiger partial charge on any atom is 0.123 e. The second-order valence-electron chi connectivity index (χ2n) is 6.49. The molecule has 3 heteroatoms. The van der Waals surface area contributed by atoms with Crippen molar-refractivity contribution in [3.63, 3.8) is 0 Å². The maximum atomic E-state index is 13.3. The SMILES string of the molecule is CC(c1ccc(F)cc1)C(O)(c1ccccc1)C1CCNCC1. The molecule has 2 atom stereocenters. The molecule has 1 aliphatic heterocycles. The van der Waals surface area contributed by atoms with Gasteiger partial charge in [0, 0.05) is 5.92 Å². The topological polar surface area (TPSA) is 32.3 Å². The monoisotopic (exact) mass is 313 g/mol. The first-order chi connectivity index (χ1) is 11.1. The molecule has 23 heavy (non-hydrogen) atoms. The van der Waals surface area contributed by atoms with Crippen LogP contribution in [-0.2, 0) is 5.60 Å². The molecule has 0 spiro atoms. The van der Waals surface area contributed by atoms with Gasteiger partial charge in [-0.1, -0.05) is 49.4 Å². The van der Waals surface area contributed by atoms with Gasteiger partial charge in [-0.3, -0.25) is 0 Å². The highest BCUT2D eigenvalue weighted by atomic mass is 19.1. The van der Waals surface area contributed by atoms with Gasteiger partial charge in [0.15, 0.2) is 0 Å². The van der Waals surface area contributed by atoms with Gasteiger partial charge >= 0.3 is 0 Å².